The van der Waals surface area contributed by atoms with Gasteiger partial charge in [-0.25, -0.2) is 9.98 Å². The van der Waals surface area contributed by atoms with Crippen molar-refractivity contribution >= 4 is 62.4 Å². The van der Waals surface area contributed by atoms with Crippen LogP contribution in [0.3, 0.4) is 0 Å². The van der Waals surface area contributed by atoms with Crippen molar-refractivity contribution in [3.8, 4) is 5.75 Å². The van der Waals surface area contributed by atoms with E-state index in [9.17, 15) is 20.1 Å². The van der Waals surface area contributed by atoms with Crippen molar-refractivity contribution in [1.29, 1.82) is 0 Å². The lowest BCUT2D eigenvalue weighted by molar-refractivity contribution is -0.116. The fourth-order valence-electron chi connectivity index (χ4n) is 3.89. The number of phenolic OH excluding ortho intramolecular Hbond substituents is 1. The van der Waals surface area contributed by atoms with Gasteiger partial charge in [0.25, 0.3) is 5.91 Å². The van der Waals surface area contributed by atoms with E-state index in [1.165, 1.54) is 6.08 Å². The maximum atomic E-state index is 13.1. The second kappa shape index (κ2) is 7.70. The molecule has 2 aromatic rings. The number of carbonyl (C=O) groups is 1. The van der Waals surface area contributed by atoms with Crippen LogP contribution >= 0.6 is 11.8 Å². The molecule has 4 aliphatic rings. The van der Waals surface area contributed by atoms with E-state index >= 15 is 0 Å². The van der Waals surface area contributed by atoms with E-state index in [4.69, 9.17) is 0 Å². The number of rotatable bonds is 1. The van der Waals surface area contributed by atoms with E-state index in [0.29, 0.717) is 38.0 Å². The molecule has 0 saturated heterocycles. The number of amides is 1. The lowest BCUT2D eigenvalue weighted by Gasteiger charge is -2.17. The molecule has 4 aliphatic heterocycles. The van der Waals surface area contributed by atoms with Crippen molar-refractivity contribution in [2.24, 2.45) is 15.1 Å². The SMILES string of the molecule is O=C1NC2=Nc3ccccc3C2=CC(C(O)O)=NC2=NNC(=c3ccc4c(c3O)NC1=CC=4)S2. The highest BCUT2D eigenvalue weighted by Gasteiger charge is 2.27. The van der Waals surface area contributed by atoms with Gasteiger partial charge >= 0.3 is 0 Å². The molecule has 0 radical (unpaired) electrons. The Morgan fingerprint density at radius 3 is 2.71 bits per heavy atom. The van der Waals surface area contributed by atoms with Gasteiger partial charge in [-0.3, -0.25) is 10.2 Å². The number of carbonyl (C=O) groups excluding carboxylic acids is 1. The number of aliphatic imine (C=N–C) groups is 2. The van der Waals surface area contributed by atoms with E-state index in [-0.39, 0.29) is 28.2 Å². The minimum atomic E-state index is -1.91. The Hall–Kier alpha value is -4.19. The van der Waals surface area contributed by atoms with Crippen molar-refractivity contribution < 1.29 is 20.1 Å². The fraction of sp³-hybridized carbons (Fsp3) is 0.0435. The van der Waals surface area contributed by atoms with Gasteiger partial charge in [-0.1, -0.05) is 30.3 Å². The number of fused-ring (bicyclic) bond motifs is 7. The molecular formula is C23H16N6O4S. The van der Waals surface area contributed by atoms with E-state index in [0.717, 1.165) is 11.8 Å². The Labute approximate surface area is 196 Å². The second-order valence-electron chi connectivity index (χ2n) is 7.64. The number of allylic oxidation sites excluding steroid dienone is 1. The third kappa shape index (κ3) is 3.30. The number of aromatic hydroxyl groups is 1. The summed E-state index contributed by atoms with van der Waals surface area (Å²) in [5.74, 6) is -0.315. The van der Waals surface area contributed by atoms with Gasteiger partial charge < -0.3 is 26.0 Å². The number of para-hydroxylation sites is 1. The molecule has 0 aromatic heterocycles. The molecule has 6 N–H and O–H groups in total. The maximum Gasteiger partial charge on any atom is 0.273 e. The van der Waals surface area contributed by atoms with E-state index in [1.54, 1.807) is 30.4 Å². The standard InChI is InChI=1S/C23H16N6O4S/c30-18-12-7-5-10-6-8-15(24-17(10)18)20(31)27-19-13(11-3-1-2-4-14(11)25-19)9-16(22(32)33)26-23-29-28-21(12)34-23/h1-9,22,24,28,30,32-33H,(H,25,27,31). The van der Waals surface area contributed by atoms with Crippen LogP contribution in [0.4, 0.5) is 11.4 Å². The molecule has 5 bridgehead atoms. The number of phenols is 1. The van der Waals surface area contributed by atoms with Gasteiger partial charge in [-0.2, -0.15) is 0 Å². The first-order valence-electron chi connectivity index (χ1n) is 10.2. The van der Waals surface area contributed by atoms with Gasteiger partial charge in [0.1, 0.15) is 22.3 Å². The average molecular weight is 472 g/mol. The molecule has 34 heavy (non-hydrogen) atoms. The quantitative estimate of drug-likeness (QED) is 0.256. The first kappa shape index (κ1) is 20.4. The summed E-state index contributed by atoms with van der Waals surface area (Å²) in [5, 5.41) is 42.8. The highest BCUT2D eigenvalue weighted by molar-refractivity contribution is 8.21. The summed E-state index contributed by atoms with van der Waals surface area (Å²) in [5.41, 5.74) is 5.11. The summed E-state index contributed by atoms with van der Waals surface area (Å²) in [7, 11) is 0. The summed E-state index contributed by atoms with van der Waals surface area (Å²) >= 11 is 1.13. The molecule has 6 rings (SSSR count). The number of benzene rings is 2. The van der Waals surface area contributed by atoms with Crippen LogP contribution in [0.5, 0.6) is 5.75 Å². The normalized spacial score (nSPS) is 18.0. The van der Waals surface area contributed by atoms with E-state index < -0.39 is 12.2 Å². The van der Waals surface area contributed by atoms with Crippen molar-refractivity contribution in [3.63, 3.8) is 0 Å². The zero-order valence-electron chi connectivity index (χ0n) is 17.3. The molecule has 1 amide bonds. The molecule has 168 valence electrons. The first-order chi connectivity index (χ1) is 16.5. The van der Waals surface area contributed by atoms with Gasteiger partial charge in [0, 0.05) is 16.4 Å². The average Bonchev–Trinajstić information content (AvgIpc) is 3.43. The van der Waals surface area contributed by atoms with Crippen molar-refractivity contribution in [2.45, 2.75) is 6.29 Å². The Morgan fingerprint density at radius 2 is 1.85 bits per heavy atom. The first-order valence-corrected chi connectivity index (χ1v) is 11.0. The zero-order valence-corrected chi connectivity index (χ0v) is 18.1. The van der Waals surface area contributed by atoms with Crippen LogP contribution in [0.25, 0.3) is 16.7 Å². The number of anilines is 1. The second-order valence-corrected chi connectivity index (χ2v) is 8.61. The molecule has 11 heteroatoms. The summed E-state index contributed by atoms with van der Waals surface area (Å²) in [6.45, 7) is 0. The van der Waals surface area contributed by atoms with Gasteiger partial charge in [0.2, 0.25) is 5.17 Å². The van der Waals surface area contributed by atoms with Crippen LogP contribution in [0.1, 0.15) is 5.56 Å². The van der Waals surface area contributed by atoms with E-state index in [1.807, 2.05) is 18.2 Å². The Balaban J connectivity index is 1.57. The smallest absolute Gasteiger partial charge is 0.273 e. The third-order valence-corrected chi connectivity index (χ3v) is 6.41. The van der Waals surface area contributed by atoms with Gasteiger partial charge in [-0.05, 0) is 36.0 Å². The molecule has 0 fully saturated rings. The van der Waals surface area contributed by atoms with Crippen LogP contribution < -0.4 is 26.5 Å². The van der Waals surface area contributed by atoms with Gasteiger partial charge in [0.05, 0.1) is 22.3 Å². The van der Waals surface area contributed by atoms with E-state index in [2.05, 4.69) is 31.1 Å². The fourth-order valence-corrected chi connectivity index (χ4v) is 4.68. The number of thioether (sulfide) groups is 1. The Bertz CT molecular complexity index is 1570. The summed E-state index contributed by atoms with van der Waals surface area (Å²) in [4.78, 5) is 21.9. The predicted molar refractivity (Wildman–Crippen MR) is 130 cm³/mol. The predicted octanol–water partition coefficient (Wildman–Crippen LogP) is 0.164. The molecule has 0 unspecified atom stereocenters. The number of amidine groups is 2. The van der Waals surface area contributed by atoms with Crippen molar-refractivity contribution in [3.05, 3.63) is 70.2 Å². The number of nitrogens with zero attached hydrogens (tertiary/aromatic N) is 3. The topological polar surface area (TPSA) is 151 Å². The van der Waals surface area contributed by atoms with Crippen LogP contribution in [-0.4, -0.2) is 44.2 Å². The highest BCUT2D eigenvalue weighted by Crippen LogP contribution is 2.34. The number of hydrazone groups is 1. The summed E-state index contributed by atoms with van der Waals surface area (Å²) < 4.78 is 0. The molecule has 0 saturated carbocycles. The minimum absolute atomic E-state index is 0.0655. The molecule has 2 aromatic carbocycles. The molecule has 0 spiro atoms. The lowest BCUT2D eigenvalue weighted by Crippen LogP contribution is -2.35. The van der Waals surface area contributed by atoms with Crippen molar-refractivity contribution in [1.82, 2.24) is 10.7 Å². The Morgan fingerprint density at radius 1 is 1.00 bits per heavy atom. The number of aliphatic hydroxyl groups is 2. The number of hydrogen-bond acceptors (Lipinski definition) is 10. The van der Waals surface area contributed by atoms with Gasteiger partial charge in [0.15, 0.2) is 6.29 Å². The monoisotopic (exact) mass is 472 g/mol. The van der Waals surface area contributed by atoms with Gasteiger partial charge in [-0.15, -0.1) is 5.10 Å². The van der Waals surface area contributed by atoms with Crippen LogP contribution in [0, 0.1) is 0 Å². The molecule has 4 heterocycles. The number of aliphatic hydroxyl groups excluding tert-OH is 1. The van der Waals surface area contributed by atoms with Crippen LogP contribution in [-0.2, 0) is 4.79 Å². The Kier molecular flexibility index (Phi) is 4.62. The molecular weight excluding hydrogens is 456 g/mol. The molecule has 10 nitrogen and oxygen atoms in total. The largest absolute Gasteiger partial charge is 0.505 e. The zero-order chi connectivity index (χ0) is 23.4. The number of nitrogens with one attached hydrogen (secondary N) is 3. The van der Waals surface area contributed by atoms with Crippen LogP contribution in [0.15, 0.2) is 69.3 Å². The van der Waals surface area contributed by atoms with Crippen molar-refractivity contribution in [2.75, 3.05) is 5.32 Å². The summed E-state index contributed by atoms with van der Waals surface area (Å²) in [6, 6.07) is 10.8. The lowest BCUT2D eigenvalue weighted by atomic mass is 10.0. The molecule has 0 atom stereocenters. The third-order valence-electron chi connectivity index (χ3n) is 5.53. The van der Waals surface area contributed by atoms with Crippen LogP contribution in [0.2, 0.25) is 0 Å². The number of hydrogen-bond donors (Lipinski definition) is 6. The summed E-state index contributed by atoms with van der Waals surface area (Å²) in [6.07, 6.45) is 2.90. The maximum absolute atomic E-state index is 13.1. The molecule has 0 aliphatic carbocycles. The minimum Gasteiger partial charge on any atom is -0.505 e. The highest BCUT2D eigenvalue weighted by atomic mass is 32.2.